The first-order valence-electron chi connectivity index (χ1n) is 7.06. The molecule has 108 valence electrons. The lowest BCUT2D eigenvalue weighted by atomic mass is 10.0. The highest BCUT2D eigenvalue weighted by atomic mass is 16.4. The summed E-state index contributed by atoms with van der Waals surface area (Å²) in [7, 11) is 2.06. The lowest BCUT2D eigenvalue weighted by Crippen LogP contribution is -2.46. The Kier molecular flexibility index (Phi) is 5.18. The first-order chi connectivity index (χ1) is 9.66. The highest BCUT2D eigenvalue weighted by Crippen LogP contribution is 2.21. The van der Waals surface area contributed by atoms with Gasteiger partial charge in [-0.05, 0) is 32.0 Å². The first-order valence-corrected chi connectivity index (χ1v) is 7.06. The summed E-state index contributed by atoms with van der Waals surface area (Å²) in [6, 6.07) is 10.9. The summed E-state index contributed by atoms with van der Waals surface area (Å²) in [4.78, 5) is 15.1. The lowest BCUT2D eigenvalue weighted by Gasteiger charge is -2.38. The van der Waals surface area contributed by atoms with Crippen molar-refractivity contribution in [3.05, 3.63) is 42.5 Å². The Morgan fingerprint density at radius 2 is 2.20 bits per heavy atom. The Morgan fingerprint density at radius 1 is 1.45 bits per heavy atom. The number of hydrogen-bond acceptors (Lipinski definition) is 3. The molecule has 1 atom stereocenters. The van der Waals surface area contributed by atoms with Gasteiger partial charge in [0.1, 0.15) is 0 Å². The summed E-state index contributed by atoms with van der Waals surface area (Å²) in [5, 5.41) is 8.61. The van der Waals surface area contributed by atoms with Crippen molar-refractivity contribution in [3.63, 3.8) is 0 Å². The Bertz CT molecular complexity index is 459. The molecular weight excluding hydrogens is 252 g/mol. The van der Waals surface area contributed by atoms with Gasteiger partial charge in [0.2, 0.25) is 0 Å². The highest BCUT2D eigenvalue weighted by molar-refractivity contribution is 5.79. The zero-order valence-corrected chi connectivity index (χ0v) is 11.9. The molecule has 1 unspecified atom stereocenters. The molecule has 1 aromatic rings. The average Bonchev–Trinajstić information content (AvgIpc) is 2.48. The van der Waals surface area contributed by atoms with Crippen molar-refractivity contribution in [2.45, 2.75) is 18.9 Å². The molecule has 0 aliphatic carbocycles. The highest BCUT2D eigenvalue weighted by Gasteiger charge is 2.22. The molecule has 1 aromatic carbocycles. The van der Waals surface area contributed by atoms with Gasteiger partial charge in [0.15, 0.2) is 0 Å². The van der Waals surface area contributed by atoms with Crippen LogP contribution in [-0.2, 0) is 4.79 Å². The monoisotopic (exact) mass is 274 g/mol. The van der Waals surface area contributed by atoms with Gasteiger partial charge < -0.3 is 10.0 Å². The summed E-state index contributed by atoms with van der Waals surface area (Å²) in [5.74, 6) is -0.882. The van der Waals surface area contributed by atoms with Crippen LogP contribution in [0.25, 0.3) is 0 Å². The Balaban J connectivity index is 1.91. The topological polar surface area (TPSA) is 43.8 Å². The second-order valence-electron chi connectivity index (χ2n) is 5.26. The number of nitrogens with zero attached hydrogens (tertiary/aromatic N) is 2. The van der Waals surface area contributed by atoms with E-state index in [1.165, 1.54) is 24.6 Å². The third-order valence-electron chi connectivity index (χ3n) is 3.80. The summed E-state index contributed by atoms with van der Waals surface area (Å²) < 4.78 is 0. The van der Waals surface area contributed by atoms with Gasteiger partial charge in [-0.15, -0.1) is 0 Å². The number of carboxylic acids is 1. The van der Waals surface area contributed by atoms with Crippen LogP contribution < -0.4 is 4.90 Å². The third kappa shape index (κ3) is 4.10. The molecule has 0 amide bonds. The number of aliphatic carboxylic acids is 1. The third-order valence-corrected chi connectivity index (χ3v) is 3.80. The fourth-order valence-electron chi connectivity index (χ4n) is 2.66. The van der Waals surface area contributed by atoms with E-state index in [0.29, 0.717) is 12.6 Å². The molecule has 0 spiro atoms. The predicted octanol–water partition coefficient (Wildman–Crippen LogP) is 2.23. The average molecular weight is 274 g/mol. The number of benzene rings is 1. The minimum atomic E-state index is -0.882. The minimum Gasteiger partial charge on any atom is -0.478 e. The Morgan fingerprint density at radius 3 is 2.90 bits per heavy atom. The molecule has 0 radical (unpaired) electrons. The van der Waals surface area contributed by atoms with E-state index in [4.69, 9.17) is 5.11 Å². The second kappa shape index (κ2) is 7.10. The molecule has 2 rings (SSSR count). The fourth-order valence-corrected chi connectivity index (χ4v) is 2.66. The molecule has 20 heavy (non-hydrogen) atoms. The van der Waals surface area contributed by atoms with Crippen LogP contribution in [0.3, 0.4) is 0 Å². The molecule has 1 heterocycles. The molecule has 0 saturated carbocycles. The Hall–Kier alpha value is -1.81. The summed E-state index contributed by atoms with van der Waals surface area (Å²) in [6.45, 7) is 2.78. The lowest BCUT2D eigenvalue weighted by molar-refractivity contribution is -0.131. The van der Waals surface area contributed by atoms with Crippen molar-refractivity contribution >= 4 is 11.7 Å². The van der Waals surface area contributed by atoms with Crippen LogP contribution in [0.2, 0.25) is 0 Å². The van der Waals surface area contributed by atoms with E-state index < -0.39 is 5.97 Å². The van der Waals surface area contributed by atoms with Crippen LogP contribution >= 0.6 is 0 Å². The van der Waals surface area contributed by atoms with Gasteiger partial charge in [0, 0.05) is 37.4 Å². The number of carboxylic acid groups (broad SMARTS) is 1. The van der Waals surface area contributed by atoms with Crippen molar-refractivity contribution in [1.82, 2.24) is 4.90 Å². The Labute approximate surface area is 120 Å². The minimum absolute atomic E-state index is 0.474. The number of anilines is 1. The molecule has 4 heteroatoms. The van der Waals surface area contributed by atoms with Crippen LogP contribution in [0.1, 0.15) is 12.8 Å². The van der Waals surface area contributed by atoms with Crippen LogP contribution in [0.15, 0.2) is 42.5 Å². The van der Waals surface area contributed by atoms with Crippen molar-refractivity contribution < 1.29 is 9.90 Å². The van der Waals surface area contributed by atoms with Crippen LogP contribution in [0, 0.1) is 0 Å². The van der Waals surface area contributed by atoms with Gasteiger partial charge in [-0.25, -0.2) is 4.79 Å². The van der Waals surface area contributed by atoms with Gasteiger partial charge in [-0.2, -0.15) is 0 Å². The van der Waals surface area contributed by atoms with Crippen molar-refractivity contribution in [2.24, 2.45) is 0 Å². The maximum absolute atomic E-state index is 10.5. The summed E-state index contributed by atoms with van der Waals surface area (Å²) in [6.07, 6.45) is 5.27. The standard InChI is InChI=1S/C16H22N2O2/c1-17(11-6-10-16(19)20)15-9-5-12-18(13-15)14-7-3-2-4-8-14/h2-4,6-8,10,15H,5,9,11-13H2,1H3,(H,19,20)/b10-6+. The van der Waals surface area contributed by atoms with Crippen LogP contribution in [0.4, 0.5) is 5.69 Å². The van der Waals surface area contributed by atoms with Crippen molar-refractivity contribution in [2.75, 3.05) is 31.6 Å². The van der Waals surface area contributed by atoms with Gasteiger partial charge in [-0.3, -0.25) is 4.90 Å². The molecular formula is C16H22N2O2. The largest absolute Gasteiger partial charge is 0.478 e. The molecule has 1 saturated heterocycles. The summed E-state index contributed by atoms with van der Waals surface area (Å²) in [5.41, 5.74) is 1.27. The van der Waals surface area contributed by atoms with Gasteiger partial charge in [-0.1, -0.05) is 24.3 Å². The number of likely N-dealkylation sites (N-methyl/N-ethyl adjacent to an activating group) is 1. The van der Waals surface area contributed by atoms with E-state index in [-0.39, 0.29) is 0 Å². The smallest absolute Gasteiger partial charge is 0.328 e. The van der Waals surface area contributed by atoms with Crippen molar-refractivity contribution in [1.29, 1.82) is 0 Å². The zero-order valence-electron chi connectivity index (χ0n) is 11.9. The fraction of sp³-hybridized carbons (Fsp3) is 0.438. The number of hydrogen-bond donors (Lipinski definition) is 1. The maximum atomic E-state index is 10.5. The zero-order chi connectivity index (χ0) is 14.4. The van der Waals surface area contributed by atoms with E-state index in [1.807, 2.05) is 6.07 Å². The summed E-state index contributed by atoms with van der Waals surface area (Å²) >= 11 is 0. The van der Waals surface area contributed by atoms with E-state index in [2.05, 4.69) is 41.1 Å². The van der Waals surface area contributed by atoms with Crippen molar-refractivity contribution in [3.8, 4) is 0 Å². The second-order valence-corrected chi connectivity index (χ2v) is 5.26. The van der Waals surface area contributed by atoms with E-state index in [9.17, 15) is 4.79 Å². The SMILES string of the molecule is CN(C/C=C/C(=O)O)C1CCCN(c2ccccc2)C1. The van der Waals surface area contributed by atoms with Gasteiger partial charge in [0.05, 0.1) is 0 Å². The molecule has 1 fully saturated rings. The molecule has 0 aromatic heterocycles. The molecule has 1 aliphatic rings. The van der Waals surface area contributed by atoms with Crippen LogP contribution in [-0.4, -0.2) is 48.7 Å². The molecule has 1 aliphatic heterocycles. The predicted molar refractivity (Wildman–Crippen MR) is 81.1 cm³/mol. The van der Waals surface area contributed by atoms with E-state index in [1.54, 1.807) is 6.08 Å². The number of carbonyl (C=O) groups is 1. The molecule has 4 nitrogen and oxygen atoms in total. The number of piperidine rings is 1. The molecule has 1 N–H and O–H groups in total. The van der Waals surface area contributed by atoms with Gasteiger partial charge >= 0.3 is 5.97 Å². The number of para-hydroxylation sites is 1. The molecule has 0 bridgehead atoms. The quantitative estimate of drug-likeness (QED) is 0.836. The maximum Gasteiger partial charge on any atom is 0.328 e. The number of rotatable bonds is 5. The normalized spacial score (nSPS) is 19.7. The van der Waals surface area contributed by atoms with Crippen LogP contribution in [0.5, 0.6) is 0 Å². The van der Waals surface area contributed by atoms with E-state index in [0.717, 1.165) is 13.1 Å². The van der Waals surface area contributed by atoms with E-state index >= 15 is 0 Å². The van der Waals surface area contributed by atoms with Gasteiger partial charge in [0.25, 0.3) is 0 Å². The first kappa shape index (κ1) is 14.6.